The minimum absolute atomic E-state index is 0.0735. The van der Waals surface area contributed by atoms with Crippen molar-refractivity contribution in [3.05, 3.63) is 59.4 Å². The molecule has 0 unspecified atom stereocenters. The number of nitrogens with two attached hydrogens (primary N) is 1. The third-order valence-electron chi connectivity index (χ3n) is 2.60. The SMILES string of the molecule is N#C/C(N)=C(\C#N)N=Cc1ccc2ccccc2c1. The van der Waals surface area contributed by atoms with Crippen molar-refractivity contribution in [1.29, 1.82) is 10.5 Å². The van der Waals surface area contributed by atoms with Crippen molar-refractivity contribution in [2.24, 2.45) is 10.7 Å². The highest BCUT2D eigenvalue weighted by molar-refractivity contribution is 5.90. The fraction of sp³-hybridized carbons (Fsp3) is 0. The van der Waals surface area contributed by atoms with Crippen molar-refractivity contribution in [3.8, 4) is 12.1 Å². The van der Waals surface area contributed by atoms with Crippen LogP contribution in [-0.4, -0.2) is 6.21 Å². The fourth-order valence-electron chi connectivity index (χ4n) is 1.64. The topological polar surface area (TPSA) is 86.0 Å². The lowest BCUT2D eigenvalue weighted by molar-refractivity contribution is 1.27. The number of nitrogens with zero attached hydrogens (tertiary/aromatic N) is 3. The quantitative estimate of drug-likeness (QED) is 0.652. The molecule has 2 aromatic rings. The Morgan fingerprint density at radius 2 is 1.79 bits per heavy atom. The molecular formula is C15H10N4. The number of allylic oxidation sites excluding steroid dienone is 2. The Labute approximate surface area is 110 Å². The monoisotopic (exact) mass is 246 g/mol. The Kier molecular flexibility index (Phi) is 3.56. The van der Waals surface area contributed by atoms with Crippen LogP contribution in [-0.2, 0) is 0 Å². The van der Waals surface area contributed by atoms with E-state index in [1.54, 1.807) is 12.1 Å². The standard InChI is InChI=1S/C15H10N4/c16-8-14(18)15(9-17)19-10-11-5-6-12-3-1-2-4-13(12)7-11/h1-7,10H,18H2/b15-14-,19-10?. The van der Waals surface area contributed by atoms with Gasteiger partial charge in [0.15, 0.2) is 5.70 Å². The lowest BCUT2D eigenvalue weighted by Gasteiger charge is -1.98. The van der Waals surface area contributed by atoms with Gasteiger partial charge in [-0.3, -0.25) is 0 Å². The average Bonchev–Trinajstić information content (AvgIpc) is 2.47. The Bertz CT molecular complexity index is 758. The predicted octanol–water partition coefficient (Wildman–Crippen LogP) is 2.48. The van der Waals surface area contributed by atoms with Gasteiger partial charge in [-0.05, 0) is 22.4 Å². The van der Waals surface area contributed by atoms with Crippen LogP contribution in [0.2, 0.25) is 0 Å². The summed E-state index contributed by atoms with van der Waals surface area (Å²) < 4.78 is 0. The molecule has 2 rings (SSSR count). The van der Waals surface area contributed by atoms with Crippen molar-refractivity contribution in [2.75, 3.05) is 0 Å². The second kappa shape index (κ2) is 5.48. The van der Waals surface area contributed by atoms with E-state index in [1.807, 2.05) is 42.5 Å². The van der Waals surface area contributed by atoms with E-state index < -0.39 is 0 Å². The second-order valence-corrected chi connectivity index (χ2v) is 3.85. The molecule has 0 atom stereocenters. The molecule has 90 valence electrons. The zero-order valence-electron chi connectivity index (χ0n) is 10.0. The highest BCUT2D eigenvalue weighted by atomic mass is 14.8. The Morgan fingerprint density at radius 1 is 1.05 bits per heavy atom. The molecule has 4 nitrogen and oxygen atoms in total. The van der Waals surface area contributed by atoms with E-state index >= 15 is 0 Å². The van der Waals surface area contributed by atoms with Gasteiger partial charge in [-0.25, -0.2) is 4.99 Å². The van der Waals surface area contributed by atoms with Crippen molar-refractivity contribution >= 4 is 17.0 Å². The largest absolute Gasteiger partial charge is 0.388 e. The maximum absolute atomic E-state index is 8.82. The van der Waals surface area contributed by atoms with Gasteiger partial charge in [0.2, 0.25) is 0 Å². The summed E-state index contributed by atoms with van der Waals surface area (Å²) in [5.41, 5.74) is 5.95. The number of nitriles is 2. The van der Waals surface area contributed by atoms with Gasteiger partial charge in [0, 0.05) is 6.21 Å². The maximum atomic E-state index is 8.82. The first-order valence-corrected chi connectivity index (χ1v) is 5.57. The van der Waals surface area contributed by atoms with Gasteiger partial charge < -0.3 is 5.73 Å². The molecule has 0 saturated heterocycles. The lowest BCUT2D eigenvalue weighted by Crippen LogP contribution is -1.97. The van der Waals surface area contributed by atoms with E-state index in [4.69, 9.17) is 16.3 Å². The third-order valence-corrected chi connectivity index (χ3v) is 2.60. The minimum atomic E-state index is -0.181. The van der Waals surface area contributed by atoms with Crippen LogP contribution >= 0.6 is 0 Å². The number of aliphatic imine (C=N–C) groups is 1. The number of fused-ring (bicyclic) bond motifs is 1. The van der Waals surface area contributed by atoms with Gasteiger partial charge in [-0.2, -0.15) is 10.5 Å². The first kappa shape index (κ1) is 12.3. The van der Waals surface area contributed by atoms with Crippen LogP contribution in [0.5, 0.6) is 0 Å². The molecule has 0 amide bonds. The minimum Gasteiger partial charge on any atom is -0.388 e. The third kappa shape index (κ3) is 2.77. The number of benzene rings is 2. The molecule has 0 saturated carbocycles. The summed E-state index contributed by atoms with van der Waals surface area (Å²) in [6, 6.07) is 17.3. The van der Waals surface area contributed by atoms with Crippen molar-refractivity contribution in [1.82, 2.24) is 0 Å². The molecule has 0 aliphatic heterocycles. The van der Waals surface area contributed by atoms with Crippen molar-refractivity contribution in [3.63, 3.8) is 0 Å². The highest BCUT2D eigenvalue weighted by Crippen LogP contribution is 2.14. The molecule has 0 aliphatic carbocycles. The molecule has 0 fully saturated rings. The Balaban J connectivity index is 2.37. The van der Waals surface area contributed by atoms with Gasteiger partial charge >= 0.3 is 0 Å². The molecule has 0 aliphatic rings. The summed E-state index contributed by atoms with van der Waals surface area (Å²) in [6.45, 7) is 0. The Hall–Kier alpha value is -3.11. The molecule has 4 heteroatoms. The summed E-state index contributed by atoms with van der Waals surface area (Å²) in [5, 5.41) is 19.7. The number of hydrogen-bond donors (Lipinski definition) is 1. The number of hydrogen-bond acceptors (Lipinski definition) is 4. The van der Waals surface area contributed by atoms with E-state index in [2.05, 4.69) is 4.99 Å². The fourth-order valence-corrected chi connectivity index (χ4v) is 1.64. The maximum Gasteiger partial charge on any atom is 0.174 e. The summed E-state index contributed by atoms with van der Waals surface area (Å²) in [6.07, 6.45) is 1.52. The molecule has 2 aromatic carbocycles. The summed E-state index contributed by atoms with van der Waals surface area (Å²) in [7, 11) is 0. The number of rotatable bonds is 2. The predicted molar refractivity (Wildman–Crippen MR) is 74.0 cm³/mol. The molecule has 0 radical (unpaired) electrons. The molecular weight excluding hydrogens is 236 g/mol. The second-order valence-electron chi connectivity index (χ2n) is 3.85. The molecule has 0 heterocycles. The van der Waals surface area contributed by atoms with Crippen LogP contribution in [0.25, 0.3) is 10.8 Å². The van der Waals surface area contributed by atoms with Gasteiger partial charge in [0.25, 0.3) is 0 Å². The van der Waals surface area contributed by atoms with E-state index in [0.29, 0.717) is 0 Å². The van der Waals surface area contributed by atoms with Crippen LogP contribution in [0.1, 0.15) is 5.56 Å². The van der Waals surface area contributed by atoms with Gasteiger partial charge in [0.1, 0.15) is 17.8 Å². The zero-order valence-corrected chi connectivity index (χ0v) is 10.0. The van der Waals surface area contributed by atoms with Crippen molar-refractivity contribution < 1.29 is 0 Å². The highest BCUT2D eigenvalue weighted by Gasteiger charge is 1.99. The summed E-state index contributed by atoms with van der Waals surface area (Å²) >= 11 is 0. The van der Waals surface area contributed by atoms with E-state index in [9.17, 15) is 0 Å². The lowest BCUT2D eigenvalue weighted by atomic mass is 10.1. The van der Waals surface area contributed by atoms with Crippen LogP contribution in [0.3, 0.4) is 0 Å². The van der Waals surface area contributed by atoms with Crippen LogP contribution in [0, 0.1) is 22.7 Å². The van der Waals surface area contributed by atoms with Crippen LogP contribution < -0.4 is 5.73 Å². The first-order chi connectivity index (χ1) is 9.24. The van der Waals surface area contributed by atoms with E-state index in [-0.39, 0.29) is 11.4 Å². The average molecular weight is 246 g/mol. The molecule has 0 spiro atoms. The van der Waals surface area contributed by atoms with Crippen molar-refractivity contribution in [2.45, 2.75) is 0 Å². The van der Waals surface area contributed by atoms with E-state index in [0.717, 1.165) is 16.3 Å². The zero-order chi connectivity index (χ0) is 13.7. The molecule has 0 bridgehead atoms. The van der Waals surface area contributed by atoms with Gasteiger partial charge in [-0.1, -0.05) is 36.4 Å². The summed E-state index contributed by atoms with van der Waals surface area (Å²) in [4.78, 5) is 3.94. The van der Waals surface area contributed by atoms with Crippen LogP contribution in [0.15, 0.2) is 58.9 Å². The smallest absolute Gasteiger partial charge is 0.174 e. The van der Waals surface area contributed by atoms with E-state index in [1.165, 1.54) is 6.21 Å². The first-order valence-electron chi connectivity index (χ1n) is 5.57. The Morgan fingerprint density at radius 3 is 2.47 bits per heavy atom. The summed E-state index contributed by atoms with van der Waals surface area (Å²) in [5.74, 6) is 0. The van der Waals surface area contributed by atoms with Gasteiger partial charge in [-0.15, -0.1) is 0 Å². The molecule has 0 aromatic heterocycles. The van der Waals surface area contributed by atoms with Crippen LogP contribution in [0.4, 0.5) is 0 Å². The molecule has 2 N–H and O–H groups in total. The van der Waals surface area contributed by atoms with Gasteiger partial charge in [0.05, 0.1) is 0 Å². The molecule has 19 heavy (non-hydrogen) atoms. The normalized spacial score (nSPS) is 11.9.